The first-order valence-electron chi connectivity index (χ1n) is 5.34. The van der Waals surface area contributed by atoms with Crippen molar-refractivity contribution in [2.75, 3.05) is 0 Å². The molecule has 1 aromatic carbocycles. The fourth-order valence-electron chi connectivity index (χ4n) is 2.35. The summed E-state index contributed by atoms with van der Waals surface area (Å²) in [6.07, 6.45) is 0.724. The predicted molar refractivity (Wildman–Crippen MR) is 70.6 cm³/mol. The van der Waals surface area contributed by atoms with E-state index in [9.17, 15) is 0 Å². The first-order chi connectivity index (χ1) is 8.31. The quantitative estimate of drug-likeness (QED) is 0.609. The van der Waals surface area contributed by atoms with Gasteiger partial charge < -0.3 is 5.21 Å². The van der Waals surface area contributed by atoms with Crippen molar-refractivity contribution in [3.8, 4) is 0 Å². The second-order valence-electron chi connectivity index (χ2n) is 4.03. The normalized spacial score (nSPS) is 20.8. The maximum absolute atomic E-state index is 9.03. The van der Waals surface area contributed by atoms with Crippen LogP contribution in [0.4, 0.5) is 0 Å². The van der Waals surface area contributed by atoms with Crippen molar-refractivity contribution in [3.05, 3.63) is 56.7 Å². The molecule has 86 valence electrons. The smallest absolute Gasteiger partial charge is 0.0979 e. The van der Waals surface area contributed by atoms with E-state index in [0.29, 0.717) is 0 Å². The summed E-state index contributed by atoms with van der Waals surface area (Å²) in [6, 6.07) is 9.94. The molecule has 0 radical (unpaired) electrons. The SMILES string of the molecule is ON=C1CC(c2ccccc2Cl)c2ccsc21. The Labute approximate surface area is 108 Å². The Kier molecular flexibility index (Phi) is 2.65. The molecule has 1 heterocycles. The van der Waals surface area contributed by atoms with Gasteiger partial charge in [0.2, 0.25) is 0 Å². The molecule has 1 aliphatic carbocycles. The molecule has 1 atom stereocenters. The lowest BCUT2D eigenvalue weighted by molar-refractivity contribution is 0.318. The van der Waals surface area contributed by atoms with E-state index in [4.69, 9.17) is 16.8 Å². The van der Waals surface area contributed by atoms with Crippen molar-refractivity contribution >= 4 is 28.6 Å². The van der Waals surface area contributed by atoms with Crippen LogP contribution in [-0.4, -0.2) is 10.9 Å². The van der Waals surface area contributed by atoms with Gasteiger partial charge in [0.25, 0.3) is 0 Å². The minimum atomic E-state index is 0.218. The molecule has 1 aliphatic rings. The van der Waals surface area contributed by atoms with Gasteiger partial charge in [-0.3, -0.25) is 0 Å². The summed E-state index contributed by atoms with van der Waals surface area (Å²) in [6.45, 7) is 0. The highest BCUT2D eigenvalue weighted by Crippen LogP contribution is 2.43. The van der Waals surface area contributed by atoms with Gasteiger partial charge >= 0.3 is 0 Å². The molecule has 17 heavy (non-hydrogen) atoms. The van der Waals surface area contributed by atoms with Crippen molar-refractivity contribution in [1.82, 2.24) is 0 Å². The molecule has 1 N–H and O–H groups in total. The molecule has 2 aromatic rings. The highest BCUT2D eigenvalue weighted by molar-refractivity contribution is 7.12. The third-order valence-electron chi connectivity index (χ3n) is 3.13. The van der Waals surface area contributed by atoms with E-state index < -0.39 is 0 Å². The molecule has 0 bridgehead atoms. The third kappa shape index (κ3) is 1.66. The van der Waals surface area contributed by atoms with Crippen molar-refractivity contribution in [1.29, 1.82) is 0 Å². The molecule has 4 heteroatoms. The lowest BCUT2D eigenvalue weighted by atomic mass is 9.94. The molecule has 0 fully saturated rings. The monoisotopic (exact) mass is 263 g/mol. The highest BCUT2D eigenvalue weighted by atomic mass is 35.5. The zero-order valence-electron chi connectivity index (χ0n) is 8.93. The van der Waals surface area contributed by atoms with Crippen molar-refractivity contribution < 1.29 is 5.21 Å². The topological polar surface area (TPSA) is 32.6 Å². The molecule has 0 amide bonds. The van der Waals surface area contributed by atoms with Gasteiger partial charge in [0.15, 0.2) is 0 Å². The Bertz CT molecular complexity index is 591. The van der Waals surface area contributed by atoms with E-state index >= 15 is 0 Å². The fourth-order valence-corrected chi connectivity index (χ4v) is 3.57. The van der Waals surface area contributed by atoms with Gasteiger partial charge in [-0.25, -0.2) is 0 Å². The summed E-state index contributed by atoms with van der Waals surface area (Å²) in [5.41, 5.74) is 3.09. The number of rotatable bonds is 1. The van der Waals surface area contributed by atoms with Crippen LogP contribution in [0.15, 0.2) is 40.9 Å². The first-order valence-corrected chi connectivity index (χ1v) is 6.60. The Balaban J connectivity index is 2.12. The van der Waals surface area contributed by atoms with Crippen molar-refractivity contribution in [2.24, 2.45) is 5.16 Å². The van der Waals surface area contributed by atoms with E-state index in [0.717, 1.165) is 27.6 Å². The number of halogens is 1. The van der Waals surface area contributed by atoms with E-state index in [-0.39, 0.29) is 5.92 Å². The third-order valence-corrected chi connectivity index (χ3v) is 4.46. The molecule has 0 saturated carbocycles. The van der Waals surface area contributed by atoms with E-state index in [2.05, 4.69) is 11.2 Å². The average molecular weight is 264 g/mol. The average Bonchev–Trinajstić information content (AvgIpc) is 2.91. The Hall–Kier alpha value is -1.32. The summed E-state index contributed by atoms with van der Waals surface area (Å²) >= 11 is 7.84. The predicted octanol–water partition coefficient (Wildman–Crippen LogP) is 4.12. The second-order valence-corrected chi connectivity index (χ2v) is 5.35. The van der Waals surface area contributed by atoms with Crippen molar-refractivity contribution in [2.45, 2.75) is 12.3 Å². The highest BCUT2D eigenvalue weighted by Gasteiger charge is 2.31. The Morgan fingerprint density at radius 1 is 1.24 bits per heavy atom. The molecule has 2 nitrogen and oxygen atoms in total. The van der Waals surface area contributed by atoms with Crippen LogP contribution in [0.2, 0.25) is 5.02 Å². The van der Waals surface area contributed by atoms with Crippen molar-refractivity contribution in [3.63, 3.8) is 0 Å². The maximum Gasteiger partial charge on any atom is 0.0979 e. The van der Waals surface area contributed by atoms with Crippen LogP contribution in [0.3, 0.4) is 0 Å². The van der Waals surface area contributed by atoms with Crippen LogP contribution in [0.25, 0.3) is 0 Å². The lowest BCUT2D eigenvalue weighted by Crippen LogP contribution is -1.98. The number of oxime groups is 1. The zero-order chi connectivity index (χ0) is 11.8. The summed E-state index contributed by atoms with van der Waals surface area (Å²) in [7, 11) is 0. The van der Waals surface area contributed by atoms with Gasteiger partial charge in [-0.05, 0) is 28.6 Å². The summed E-state index contributed by atoms with van der Waals surface area (Å²) < 4.78 is 0. The molecule has 0 aliphatic heterocycles. The molecule has 0 spiro atoms. The number of benzene rings is 1. The molecule has 1 unspecified atom stereocenters. The largest absolute Gasteiger partial charge is 0.411 e. The van der Waals surface area contributed by atoms with Crippen LogP contribution in [0.1, 0.15) is 28.3 Å². The first kappa shape index (κ1) is 10.8. The number of thiophene rings is 1. The number of hydrogen-bond acceptors (Lipinski definition) is 3. The maximum atomic E-state index is 9.03. The van der Waals surface area contributed by atoms with E-state index in [1.807, 2.05) is 29.6 Å². The zero-order valence-corrected chi connectivity index (χ0v) is 10.5. The minimum absolute atomic E-state index is 0.218. The van der Waals surface area contributed by atoms with Gasteiger partial charge in [0.1, 0.15) is 0 Å². The van der Waals surface area contributed by atoms with E-state index in [1.165, 1.54) is 5.56 Å². The Morgan fingerprint density at radius 2 is 2.06 bits per heavy atom. The number of hydrogen-bond donors (Lipinski definition) is 1. The summed E-state index contributed by atoms with van der Waals surface area (Å²) in [5.74, 6) is 0.218. The van der Waals surface area contributed by atoms with Gasteiger partial charge in [-0.2, -0.15) is 0 Å². The minimum Gasteiger partial charge on any atom is -0.411 e. The molecule has 0 saturated heterocycles. The second kappa shape index (κ2) is 4.17. The van der Waals surface area contributed by atoms with Crippen LogP contribution < -0.4 is 0 Å². The summed E-state index contributed by atoms with van der Waals surface area (Å²) in [4.78, 5) is 1.08. The fraction of sp³-hybridized carbons (Fsp3) is 0.154. The summed E-state index contributed by atoms with van der Waals surface area (Å²) in [5, 5.41) is 15.2. The standard InChI is InChI=1S/C13H10ClNOS/c14-11-4-2-1-3-8(11)10-7-12(15-16)13-9(10)5-6-17-13/h1-6,10,16H,7H2. The molecule has 3 rings (SSSR count). The number of fused-ring (bicyclic) bond motifs is 1. The number of nitrogens with zero attached hydrogens (tertiary/aromatic N) is 1. The molecular formula is C13H10ClNOS. The van der Waals surface area contributed by atoms with Crippen LogP contribution in [0.5, 0.6) is 0 Å². The van der Waals surface area contributed by atoms with Gasteiger partial charge in [-0.1, -0.05) is 35.0 Å². The van der Waals surface area contributed by atoms with Crippen LogP contribution in [0, 0.1) is 0 Å². The van der Waals surface area contributed by atoms with Gasteiger partial charge in [-0.15, -0.1) is 11.3 Å². The van der Waals surface area contributed by atoms with Gasteiger partial charge in [0.05, 0.1) is 10.6 Å². The van der Waals surface area contributed by atoms with E-state index in [1.54, 1.807) is 11.3 Å². The molecule has 1 aromatic heterocycles. The lowest BCUT2D eigenvalue weighted by Gasteiger charge is -2.11. The van der Waals surface area contributed by atoms with Gasteiger partial charge in [0, 0.05) is 17.4 Å². The Morgan fingerprint density at radius 3 is 2.82 bits per heavy atom. The molecular weight excluding hydrogens is 254 g/mol. The van der Waals surface area contributed by atoms with Crippen LogP contribution >= 0.6 is 22.9 Å². The van der Waals surface area contributed by atoms with Crippen LogP contribution in [-0.2, 0) is 0 Å².